The van der Waals surface area contributed by atoms with Crippen LogP contribution in [0.4, 0.5) is 5.69 Å². The van der Waals surface area contributed by atoms with Crippen molar-refractivity contribution in [3.05, 3.63) is 47.5 Å². The van der Waals surface area contributed by atoms with Gasteiger partial charge in [-0.3, -0.25) is 0 Å². The zero-order valence-corrected chi connectivity index (χ0v) is 18.9. The molecule has 4 atom stereocenters. The number of H-pyrrole nitrogens is 1. The Morgan fingerprint density at radius 2 is 1.77 bits per heavy atom. The van der Waals surface area contributed by atoms with Crippen molar-refractivity contribution < 1.29 is 24.1 Å². The van der Waals surface area contributed by atoms with Gasteiger partial charge < -0.3 is 33.9 Å². The highest BCUT2D eigenvalue weighted by Gasteiger charge is 2.48. The van der Waals surface area contributed by atoms with E-state index in [1.165, 1.54) is 0 Å². The summed E-state index contributed by atoms with van der Waals surface area (Å²) in [5, 5.41) is 30.5. The first-order valence-corrected chi connectivity index (χ1v) is 11.7. The summed E-state index contributed by atoms with van der Waals surface area (Å²) in [4.78, 5) is 5.42. The fourth-order valence-corrected chi connectivity index (χ4v) is 5.12. The molecule has 35 heavy (non-hydrogen) atoms. The fraction of sp³-hybridized carbons (Fsp3) is 0.385. The number of aliphatic hydroxyl groups is 1. The maximum Gasteiger partial charge on any atom is 0.210 e. The minimum Gasteiger partial charge on any atom is -0.469 e. The zero-order chi connectivity index (χ0) is 23.9. The maximum atomic E-state index is 9.98. The summed E-state index contributed by atoms with van der Waals surface area (Å²) in [6.07, 6.45) is -1.94. The van der Waals surface area contributed by atoms with Crippen molar-refractivity contribution in [1.82, 2.24) is 4.98 Å². The van der Waals surface area contributed by atoms with E-state index in [-0.39, 0.29) is 13.2 Å². The molecule has 0 saturated carbocycles. The molecule has 3 aliphatic heterocycles. The van der Waals surface area contributed by atoms with Gasteiger partial charge in [0.1, 0.15) is 29.9 Å². The van der Waals surface area contributed by atoms with Crippen molar-refractivity contribution in [2.45, 2.75) is 24.4 Å². The van der Waals surface area contributed by atoms with Gasteiger partial charge in [-0.25, -0.2) is 0 Å². The number of hydrogen-bond acceptors (Lipinski definition) is 8. The second-order valence-corrected chi connectivity index (χ2v) is 8.96. The molecule has 3 aliphatic rings. The van der Waals surface area contributed by atoms with Crippen LogP contribution >= 0.6 is 0 Å². The average molecular weight is 473 g/mol. The monoisotopic (exact) mass is 472 g/mol. The quantitative estimate of drug-likeness (QED) is 0.593. The van der Waals surface area contributed by atoms with Crippen LogP contribution in [0.3, 0.4) is 0 Å². The number of nitrogens with zero attached hydrogens (tertiary/aromatic N) is 3. The van der Waals surface area contributed by atoms with E-state index in [1.54, 1.807) is 6.07 Å². The first-order chi connectivity index (χ1) is 17.2. The van der Waals surface area contributed by atoms with E-state index in [0.29, 0.717) is 41.1 Å². The molecule has 3 aromatic rings. The van der Waals surface area contributed by atoms with Crippen molar-refractivity contribution in [2.75, 3.05) is 44.4 Å². The highest BCUT2D eigenvalue weighted by molar-refractivity contribution is 5.94. The van der Waals surface area contributed by atoms with Gasteiger partial charge in [0, 0.05) is 29.7 Å². The Kier molecular flexibility index (Phi) is 5.56. The lowest BCUT2D eigenvalue weighted by atomic mass is 9.97. The summed E-state index contributed by atoms with van der Waals surface area (Å²) in [7, 11) is 0. The molecular weight excluding hydrogens is 448 g/mol. The van der Waals surface area contributed by atoms with Crippen molar-refractivity contribution in [3.63, 3.8) is 0 Å². The molecule has 0 radical (unpaired) electrons. The smallest absolute Gasteiger partial charge is 0.210 e. The SMILES string of the molecule is N#Cc1cc2[nH]c(O[C@@H]3CO[C@H]4[C@@H]3OC[C@H]4O)c(C#N)c2cc1-c1ccc(N2CCOCC2)cc1. The molecule has 2 N–H and O–H groups in total. The molecule has 9 heteroatoms. The largest absolute Gasteiger partial charge is 0.469 e. The number of aromatic amines is 1. The molecule has 3 fully saturated rings. The van der Waals surface area contributed by atoms with Gasteiger partial charge in [0.15, 0.2) is 6.10 Å². The van der Waals surface area contributed by atoms with E-state index < -0.39 is 24.4 Å². The number of ether oxygens (including phenoxy) is 4. The third kappa shape index (κ3) is 3.79. The van der Waals surface area contributed by atoms with E-state index >= 15 is 0 Å². The number of aromatic nitrogens is 1. The highest BCUT2D eigenvalue weighted by Crippen LogP contribution is 2.37. The Bertz CT molecular complexity index is 1330. The second kappa shape index (κ2) is 8.88. The third-order valence-electron chi connectivity index (χ3n) is 6.94. The molecule has 0 unspecified atom stereocenters. The van der Waals surface area contributed by atoms with Crippen molar-refractivity contribution in [1.29, 1.82) is 10.5 Å². The van der Waals surface area contributed by atoms with Gasteiger partial charge >= 0.3 is 0 Å². The molecule has 4 heterocycles. The molecule has 6 rings (SSSR count). The first-order valence-electron chi connectivity index (χ1n) is 11.7. The number of aliphatic hydroxyl groups excluding tert-OH is 1. The lowest BCUT2D eigenvalue weighted by Crippen LogP contribution is -2.36. The molecule has 1 aromatic heterocycles. The molecule has 2 aromatic carbocycles. The number of rotatable bonds is 4. The van der Waals surface area contributed by atoms with E-state index in [9.17, 15) is 15.6 Å². The fourth-order valence-electron chi connectivity index (χ4n) is 5.12. The minimum absolute atomic E-state index is 0.201. The maximum absolute atomic E-state index is 9.98. The molecular formula is C26H24N4O5. The minimum atomic E-state index is -0.679. The Labute approximate surface area is 202 Å². The summed E-state index contributed by atoms with van der Waals surface area (Å²) in [6.45, 7) is 3.59. The molecule has 178 valence electrons. The first kappa shape index (κ1) is 21.9. The summed E-state index contributed by atoms with van der Waals surface area (Å²) in [6, 6.07) is 16.2. The Morgan fingerprint density at radius 3 is 2.51 bits per heavy atom. The van der Waals surface area contributed by atoms with Gasteiger partial charge in [0.05, 0.1) is 43.6 Å². The van der Waals surface area contributed by atoms with Gasteiger partial charge in [0.25, 0.3) is 0 Å². The molecule has 0 aliphatic carbocycles. The zero-order valence-electron chi connectivity index (χ0n) is 18.9. The number of anilines is 1. The highest BCUT2D eigenvalue weighted by atomic mass is 16.6. The van der Waals surface area contributed by atoms with E-state index in [2.05, 4.69) is 34.2 Å². The van der Waals surface area contributed by atoms with Gasteiger partial charge in [-0.1, -0.05) is 12.1 Å². The normalized spacial score (nSPS) is 25.9. The van der Waals surface area contributed by atoms with Gasteiger partial charge in [-0.2, -0.15) is 10.5 Å². The number of hydrogen-bond donors (Lipinski definition) is 2. The van der Waals surface area contributed by atoms with Crippen LogP contribution in [0.25, 0.3) is 22.0 Å². The predicted octanol–water partition coefficient (Wildman–Crippen LogP) is 2.32. The van der Waals surface area contributed by atoms with Gasteiger partial charge in [-0.05, 0) is 29.8 Å². The standard InChI is InChI=1S/C26H24N4O5/c27-11-16-9-21-19(10-18(16)15-1-3-17(4-2-15)30-5-7-32-8-6-30)20(12-28)26(29-21)35-23-14-34-24-22(31)13-33-25(23)24/h1-4,9-10,22-25,29,31H,5-8,13-14H2/t22-,23-,24-,25-/m1/s1. The number of morpholine rings is 1. The van der Waals surface area contributed by atoms with Crippen LogP contribution in [0.2, 0.25) is 0 Å². The molecule has 0 bridgehead atoms. The number of fused-ring (bicyclic) bond motifs is 2. The van der Waals surface area contributed by atoms with Crippen molar-refractivity contribution >= 4 is 16.6 Å². The summed E-state index contributed by atoms with van der Waals surface area (Å²) in [5.41, 5.74) is 4.27. The van der Waals surface area contributed by atoms with Crippen LogP contribution in [-0.4, -0.2) is 74.0 Å². The number of benzene rings is 2. The van der Waals surface area contributed by atoms with Crippen LogP contribution < -0.4 is 9.64 Å². The second-order valence-electron chi connectivity index (χ2n) is 8.96. The Balaban J connectivity index is 1.33. The van der Waals surface area contributed by atoms with Crippen LogP contribution in [0.1, 0.15) is 11.1 Å². The molecule has 0 spiro atoms. The van der Waals surface area contributed by atoms with Gasteiger partial charge in [-0.15, -0.1) is 0 Å². The lowest BCUT2D eigenvalue weighted by molar-refractivity contribution is 0.00789. The van der Waals surface area contributed by atoms with Crippen LogP contribution in [0.15, 0.2) is 36.4 Å². The predicted molar refractivity (Wildman–Crippen MR) is 126 cm³/mol. The van der Waals surface area contributed by atoms with E-state index in [4.69, 9.17) is 18.9 Å². The van der Waals surface area contributed by atoms with E-state index in [0.717, 1.165) is 29.9 Å². The topological polar surface area (TPSA) is 124 Å². The summed E-state index contributed by atoms with van der Waals surface area (Å²) < 4.78 is 22.8. The van der Waals surface area contributed by atoms with Gasteiger partial charge in [0.2, 0.25) is 5.88 Å². The van der Waals surface area contributed by atoms with Crippen molar-refractivity contribution in [3.8, 4) is 29.1 Å². The van der Waals surface area contributed by atoms with Crippen LogP contribution in [-0.2, 0) is 14.2 Å². The molecule has 0 amide bonds. The summed E-state index contributed by atoms with van der Waals surface area (Å²) in [5.74, 6) is 0.311. The molecule has 9 nitrogen and oxygen atoms in total. The molecule has 3 saturated heterocycles. The average Bonchev–Trinajstić information content (AvgIpc) is 3.58. The third-order valence-corrected chi connectivity index (χ3v) is 6.94. The summed E-state index contributed by atoms with van der Waals surface area (Å²) >= 11 is 0. The number of nitriles is 2. The van der Waals surface area contributed by atoms with Crippen LogP contribution in [0, 0.1) is 22.7 Å². The van der Waals surface area contributed by atoms with Crippen LogP contribution in [0.5, 0.6) is 5.88 Å². The lowest BCUT2D eigenvalue weighted by Gasteiger charge is -2.29. The number of nitrogens with one attached hydrogen (secondary N) is 1. The van der Waals surface area contributed by atoms with E-state index in [1.807, 2.05) is 18.2 Å². The van der Waals surface area contributed by atoms with Crippen molar-refractivity contribution in [2.24, 2.45) is 0 Å². The Hall–Kier alpha value is -3.60. The Morgan fingerprint density at radius 1 is 1.00 bits per heavy atom.